The standard InChI is InChI=1S/C17H14N2O5/c1-23-10-7-13-12(16(8-10)24-2)9-14(19(21)22)17(18-13)11-5-3-4-6-15(11)20/h3-9,20H,1-2H3. The van der Waals surface area contributed by atoms with E-state index in [1.165, 1.54) is 26.4 Å². The van der Waals surface area contributed by atoms with Gasteiger partial charge in [0.1, 0.15) is 17.2 Å². The van der Waals surface area contributed by atoms with Crippen LogP contribution >= 0.6 is 0 Å². The van der Waals surface area contributed by atoms with E-state index in [0.29, 0.717) is 22.4 Å². The monoisotopic (exact) mass is 326 g/mol. The van der Waals surface area contributed by atoms with Gasteiger partial charge in [-0.15, -0.1) is 0 Å². The molecule has 0 aliphatic rings. The van der Waals surface area contributed by atoms with Crippen molar-refractivity contribution in [3.05, 3.63) is 52.6 Å². The molecule has 2 aromatic carbocycles. The number of phenolic OH excluding ortho intramolecular Hbond substituents is 1. The van der Waals surface area contributed by atoms with Crippen LogP contribution in [0, 0.1) is 10.1 Å². The molecule has 24 heavy (non-hydrogen) atoms. The Morgan fingerprint density at radius 1 is 1.12 bits per heavy atom. The maximum Gasteiger partial charge on any atom is 0.296 e. The third kappa shape index (κ3) is 2.56. The number of aromatic nitrogens is 1. The number of benzene rings is 2. The summed E-state index contributed by atoms with van der Waals surface area (Å²) in [7, 11) is 2.98. The van der Waals surface area contributed by atoms with Crippen LogP contribution in [0.25, 0.3) is 22.2 Å². The first-order valence-electron chi connectivity index (χ1n) is 7.04. The van der Waals surface area contributed by atoms with Gasteiger partial charge in [0, 0.05) is 29.1 Å². The highest BCUT2D eigenvalue weighted by atomic mass is 16.6. The summed E-state index contributed by atoms with van der Waals surface area (Å²) in [5, 5.41) is 22.0. The second-order valence-corrected chi connectivity index (χ2v) is 5.03. The molecule has 0 amide bonds. The summed E-state index contributed by atoms with van der Waals surface area (Å²) in [4.78, 5) is 15.3. The lowest BCUT2D eigenvalue weighted by molar-refractivity contribution is -0.384. The molecule has 7 heteroatoms. The van der Waals surface area contributed by atoms with Crippen LogP contribution in [0.2, 0.25) is 0 Å². The van der Waals surface area contributed by atoms with Gasteiger partial charge in [0.15, 0.2) is 5.69 Å². The molecule has 1 heterocycles. The summed E-state index contributed by atoms with van der Waals surface area (Å²) in [6.07, 6.45) is 0. The molecule has 3 aromatic rings. The fourth-order valence-corrected chi connectivity index (χ4v) is 2.51. The SMILES string of the molecule is COc1cc(OC)c2cc([N+](=O)[O-])c(-c3ccccc3O)nc2c1. The molecule has 0 bridgehead atoms. The summed E-state index contributed by atoms with van der Waals surface area (Å²) in [5.41, 5.74) is 0.622. The van der Waals surface area contributed by atoms with E-state index >= 15 is 0 Å². The minimum Gasteiger partial charge on any atom is -0.507 e. The molecule has 7 nitrogen and oxygen atoms in total. The Morgan fingerprint density at radius 3 is 2.50 bits per heavy atom. The molecule has 0 fully saturated rings. The molecule has 3 rings (SSSR count). The van der Waals surface area contributed by atoms with Gasteiger partial charge in [-0.25, -0.2) is 4.98 Å². The largest absolute Gasteiger partial charge is 0.507 e. The first-order valence-corrected chi connectivity index (χ1v) is 7.04. The lowest BCUT2D eigenvalue weighted by Gasteiger charge is -2.11. The molecule has 1 aromatic heterocycles. The van der Waals surface area contributed by atoms with Crippen LogP contribution in [0.3, 0.4) is 0 Å². The number of phenols is 1. The quantitative estimate of drug-likeness (QED) is 0.582. The Hall–Kier alpha value is -3.35. The van der Waals surface area contributed by atoms with Gasteiger partial charge in [-0.05, 0) is 12.1 Å². The number of nitro groups is 1. The molecular weight excluding hydrogens is 312 g/mol. The Morgan fingerprint density at radius 2 is 1.88 bits per heavy atom. The van der Waals surface area contributed by atoms with E-state index in [2.05, 4.69) is 4.98 Å². The van der Waals surface area contributed by atoms with Gasteiger partial charge in [-0.3, -0.25) is 10.1 Å². The molecule has 0 atom stereocenters. The van der Waals surface area contributed by atoms with Crippen LogP contribution in [-0.4, -0.2) is 29.2 Å². The normalized spacial score (nSPS) is 10.6. The lowest BCUT2D eigenvalue weighted by Crippen LogP contribution is -1.98. The number of hydrogen-bond donors (Lipinski definition) is 1. The molecule has 1 N–H and O–H groups in total. The van der Waals surface area contributed by atoms with Crippen LogP contribution in [-0.2, 0) is 0 Å². The van der Waals surface area contributed by atoms with Crippen molar-refractivity contribution in [1.82, 2.24) is 4.98 Å². The fraction of sp³-hybridized carbons (Fsp3) is 0.118. The van der Waals surface area contributed by atoms with Crippen molar-refractivity contribution in [3.8, 4) is 28.5 Å². The van der Waals surface area contributed by atoms with E-state index < -0.39 is 4.92 Å². The van der Waals surface area contributed by atoms with Crippen molar-refractivity contribution in [3.63, 3.8) is 0 Å². The van der Waals surface area contributed by atoms with Gasteiger partial charge in [0.25, 0.3) is 5.69 Å². The van der Waals surface area contributed by atoms with Gasteiger partial charge in [-0.2, -0.15) is 0 Å². The summed E-state index contributed by atoms with van der Waals surface area (Å²) in [6.45, 7) is 0. The minimum atomic E-state index is -0.530. The van der Waals surface area contributed by atoms with E-state index in [4.69, 9.17) is 9.47 Å². The first kappa shape index (κ1) is 15.5. The fourth-order valence-electron chi connectivity index (χ4n) is 2.51. The van der Waals surface area contributed by atoms with Crippen LogP contribution in [0.4, 0.5) is 5.69 Å². The van der Waals surface area contributed by atoms with Crippen LogP contribution in [0.5, 0.6) is 17.2 Å². The van der Waals surface area contributed by atoms with Crippen molar-refractivity contribution >= 4 is 16.6 Å². The molecule has 0 radical (unpaired) electrons. The number of nitrogens with zero attached hydrogens (tertiary/aromatic N) is 2. The van der Waals surface area contributed by atoms with Crippen molar-refractivity contribution in [2.24, 2.45) is 0 Å². The Balaban J connectivity index is 2.38. The maximum absolute atomic E-state index is 11.5. The van der Waals surface area contributed by atoms with E-state index in [1.807, 2.05) is 0 Å². The molecule has 0 spiro atoms. The third-order valence-electron chi connectivity index (χ3n) is 3.66. The molecule has 0 aliphatic heterocycles. The van der Waals surface area contributed by atoms with E-state index in [1.54, 1.807) is 30.3 Å². The first-order chi connectivity index (χ1) is 11.5. The van der Waals surface area contributed by atoms with Gasteiger partial charge in [0.2, 0.25) is 0 Å². The average Bonchev–Trinajstić information content (AvgIpc) is 2.59. The molecule has 0 aliphatic carbocycles. The van der Waals surface area contributed by atoms with Gasteiger partial charge in [-0.1, -0.05) is 12.1 Å². The Kier molecular flexibility index (Phi) is 3.91. The number of pyridine rings is 1. The Bertz CT molecular complexity index is 940. The van der Waals surface area contributed by atoms with Crippen molar-refractivity contribution in [1.29, 1.82) is 0 Å². The van der Waals surface area contributed by atoms with E-state index in [9.17, 15) is 15.2 Å². The molecule has 0 saturated carbocycles. The number of rotatable bonds is 4. The van der Waals surface area contributed by atoms with Crippen molar-refractivity contribution < 1.29 is 19.5 Å². The summed E-state index contributed by atoms with van der Waals surface area (Å²) in [5.74, 6) is 0.857. The van der Waals surface area contributed by atoms with Crippen LogP contribution in [0.1, 0.15) is 0 Å². The molecular formula is C17H14N2O5. The second kappa shape index (κ2) is 6.04. The second-order valence-electron chi connectivity index (χ2n) is 5.03. The zero-order chi connectivity index (χ0) is 17.3. The summed E-state index contributed by atoms with van der Waals surface area (Å²) in [6, 6.07) is 11.0. The number of para-hydroxylation sites is 1. The van der Waals surface area contributed by atoms with E-state index in [0.717, 1.165) is 0 Å². The topological polar surface area (TPSA) is 94.7 Å². The smallest absolute Gasteiger partial charge is 0.296 e. The highest BCUT2D eigenvalue weighted by Crippen LogP contribution is 2.39. The summed E-state index contributed by atoms with van der Waals surface area (Å²) >= 11 is 0. The lowest BCUT2D eigenvalue weighted by atomic mass is 10.1. The predicted octanol–water partition coefficient (Wildman–Crippen LogP) is 3.53. The zero-order valence-electron chi connectivity index (χ0n) is 13.0. The van der Waals surface area contributed by atoms with Gasteiger partial charge in [0.05, 0.1) is 24.7 Å². The van der Waals surface area contributed by atoms with Crippen LogP contribution in [0.15, 0.2) is 42.5 Å². The third-order valence-corrected chi connectivity index (χ3v) is 3.66. The average molecular weight is 326 g/mol. The predicted molar refractivity (Wildman–Crippen MR) is 88.6 cm³/mol. The highest BCUT2D eigenvalue weighted by Gasteiger charge is 2.22. The molecule has 0 unspecified atom stereocenters. The van der Waals surface area contributed by atoms with Gasteiger partial charge < -0.3 is 14.6 Å². The molecule has 0 saturated heterocycles. The highest BCUT2D eigenvalue weighted by molar-refractivity contribution is 5.92. The minimum absolute atomic E-state index is 0.0812. The molecule has 122 valence electrons. The number of ether oxygens (including phenoxy) is 2. The zero-order valence-corrected chi connectivity index (χ0v) is 13.0. The Labute approximate surface area is 137 Å². The number of aromatic hydroxyl groups is 1. The van der Waals surface area contributed by atoms with Crippen molar-refractivity contribution in [2.45, 2.75) is 0 Å². The number of fused-ring (bicyclic) bond motifs is 1. The maximum atomic E-state index is 11.5. The van der Waals surface area contributed by atoms with Gasteiger partial charge >= 0.3 is 0 Å². The van der Waals surface area contributed by atoms with Crippen molar-refractivity contribution in [2.75, 3.05) is 14.2 Å². The summed E-state index contributed by atoms with van der Waals surface area (Å²) < 4.78 is 10.5. The number of methoxy groups -OCH3 is 2. The number of hydrogen-bond acceptors (Lipinski definition) is 6. The van der Waals surface area contributed by atoms with E-state index in [-0.39, 0.29) is 22.7 Å². The van der Waals surface area contributed by atoms with Crippen LogP contribution < -0.4 is 9.47 Å².